The molecule has 6 nitrogen and oxygen atoms in total. The lowest BCUT2D eigenvalue weighted by Crippen LogP contribution is -2.63. The van der Waals surface area contributed by atoms with Crippen LogP contribution < -0.4 is 10.6 Å². The van der Waals surface area contributed by atoms with Crippen LogP contribution >= 0.6 is 0 Å². The summed E-state index contributed by atoms with van der Waals surface area (Å²) in [6, 6.07) is -0.151. The molecule has 2 atom stereocenters. The van der Waals surface area contributed by atoms with Gasteiger partial charge in [0.05, 0.1) is 12.2 Å². The number of rotatable bonds is 7. The van der Waals surface area contributed by atoms with Gasteiger partial charge in [0.1, 0.15) is 0 Å². The van der Waals surface area contributed by atoms with E-state index in [1.54, 1.807) is 0 Å². The Labute approximate surface area is 120 Å². The van der Waals surface area contributed by atoms with E-state index in [1.807, 2.05) is 13.8 Å². The molecule has 116 valence electrons. The fraction of sp³-hybridized carbons (Fsp3) is 0.857. The largest absolute Gasteiger partial charge is 0.481 e. The number of hydrogen-bond acceptors (Lipinski definition) is 3. The Morgan fingerprint density at radius 1 is 1.40 bits per heavy atom. The fourth-order valence-electron chi connectivity index (χ4n) is 2.34. The molecule has 1 rings (SSSR count). The second-order valence-electron chi connectivity index (χ2n) is 6.18. The molecule has 0 aromatic rings. The molecule has 0 spiro atoms. The van der Waals surface area contributed by atoms with Gasteiger partial charge in [0.15, 0.2) is 0 Å². The van der Waals surface area contributed by atoms with Crippen LogP contribution in [-0.2, 0) is 9.53 Å². The van der Waals surface area contributed by atoms with E-state index in [9.17, 15) is 9.59 Å². The maximum absolute atomic E-state index is 11.7. The summed E-state index contributed by atoms with van der Waals surface area (Å²) in [6.45, 7) is 8.55. The van der Waals surface area contributed by atoms with Crippen molar-refractivity contribution in [1.82, 2.24) is 10.6 Å². The summed E-state index contributed by atoms with van der Waals surface area (Å²) in [6.07, 6.45) is 1.67. The maximum Gasteiger partial charge on any atom is 0.315 e. The first kappa shape index (κ1) is 16.8. The van der Waals surface area contributed by atoms with Gasteiger partial charge in [0.25, 0.3) is 0 Å². The third kappa shape index (κ3) is 4.67. The van der Waals surface area contributed by atoms with E-state index < -0.39 is 5.97 Å². The highest BCUT2D eigenvalue weighted by atomic mass is 16.5. The second kappa shape index (κ2) is 6.92. The Morgan fingerprint density at radius 3 is 2.55 bits per heavy atom. The topological polar surface area (TPSA) is 87.7 Å². The Balaban J connectivity index is 2.25. The summed E-state index contributed by atoms with van der Waals surface area (Å²) in [5.74, 6) is -0.846. The van der Waals surface area contributed by atoms with Crippen molar-refractivity contribution >= 4 is 12.0 Å². The third-order valence-electron chi connectivity index (χ3n) is 3.77. The molecule has 1 fully saturated rings. The number of carboxylic acids is 1. The predicted octanol–water partition coefficient (Wildman–Crippen LogP) is 1.74. The van der Waals surface area contributed by atoms with Crippen LogP contribution in [-0.4, -0.2) is 41.9 Å². The van der Waals surface area contributed by atoms with E-state index in [2.05, 4.69) is 24.5 Å². The number of amides is 2. The Morgan fingerprint density at radius 2 is 2.05 bits per heavy atom. The molecule has 2 unspecified atom stereocenters. The molecule has 6 heteroatoms. The molecular weight excluding hydrogens is 260 g/mol. The standard InChI is InChI=1S/C14H26N2O4/c1-9(2)20-11-8-10(14(11,3)4)16-13(19)15-7-5-6-12(17)18/h9-11H,5-8H2,1-4H3,(H,17,18)(H2,15,16,19). The monoisotopic (exact) mass is 286 g/mol. The zero-order chi connectivity index (χ0) is 15.3. The number of hydrogen-bond donors (Lipinski definition) is 3. The minimum atomic E-state index is -0.846. The normalized spacial score (nSPS) is 24.1. The highest BCUT2D eigenvalue weighted by Crippen LogP contribution is 2.43. The van der Waals surface area contributed by atoms with E-state index >= 15 is 0 Å². The van der Waals surface area contributed by atoms with Gasteiger partial charge in [-0.2, -0.15) is 0 Å². The van der Waals surface area contributed by atoms with Gasteiger partial charge < -0.3 is 20.5 Å². The van der Waals surface area contributed by atoms with Crippen molar-refractivity contribution in [3.63, 3.8) is 0 Å². The van der Waals surface area contributed by atoms with E-state index in [0.29, 0.717) is 13.0 Å². The van der Waals surface area contributed by atoms with Crippen molar-refractivity contribution in [3.8, 4) is 0 Å². The molecule has 0 aliphatic heterocycles. The van der Waals surface area contributed by atoms with E-state index in [4.69, 9.17) is 9.84 Å². The first-order chi connectivity index (χ1) is 9.23. The summed E-state index contributed by atoms with van der Waals surface area (Å²) in [5, 5.41) is 14.1. The molecule has 1 aliphatic carbocycles. The molecule has 20 heavy (non-hydrogen) atoms. The lowest BCUT2D eigenvalue weighted by molar-refractivity contribution is -0.137. The minimum absolute atomic E-state index is 0.0690. The van der Waals surface area contributed by atoms with Crippen LogP contribution in [0.25, 0.3) is 0 Å². The Kier molecular flexibility index (Phi) is 5.80. The summed E-state index contributed by atoms with van der Waals surface area (Å²) in [4.78, 5) is 22.0. The quantitative estimate of drug-likeness (QED) is 0.622. The summed E-state index contributed by atoms with van der Waals surface area (Å²) >= 11 is 0. The van der Waals surface area contributed by atoms with Crippen molar-refractivity contribution in [3.05, 3.63) is 0 Å². The van der Waals surface area contributed by atoms with Crippen molar-refractivity contribution in [1.29, 1.82) is 0 Å². The molecular formula is C14H26N2O4. The molecule has 1 saturated carbocycles. The molecule has 2 amide bonds. The van der Waals surface area contributed by atoms with Crippen molar-refractivity contribution < 1.29 is 19.4 Å². The minimum Gasteiger partial charge on any atom is -0.481 e. The van der Waals surface area contributed by atoms with Gasteiger partial charge >= 0.3 is 12.0 Å². The number of carboxylic acid groups (broad SMARTS) is 1. The third-order valence-corrected chi connectivity index (χ3v) is 3.77. The molecule has 0 aromatic heterocycles. The number of ether oxygens (including phenoxy) is 1. The van der Waals surface area contributed by atoms with Gasteiger partial charge in [-0.1, -0.05) is 13.8 Å². The van der Waals surface area contributed by atoms with Crippen molar-refractivity contribution in [2.75, 3.05) is 6.54 Å². The van der Waals surface area contributed by atoms with E-state index in [-0.39, 0.29) is 36.1 Å². The van der Waals surface area contributed by atoms with E-state index in [0.717, 1.165) is 6.42 Å². The lowest BCUT2D eigenvalue weighted by Gasteiger charge is -2.52. The second-order valence-corrected chi connectivity index (χ2v) is 6.18. The Hall–Kier alpha value is -1.30. The fourth-order valence-corrected chi connectivity index (χ4v) is 2.34. The van der Waals surface area contributed by atoms with Crippen molar-refractivity contribution in [2.45, 2.75) is 65.2 Å². The average Bonchev–Trinajstić information content (AvgIpc) is 2.32. The van der Waals surface area contributed by atoms with Gasteiger partial charge in [-0.15, -0.1) is 0 Å². The van der Waals surface area contributed by atoms with Gasteiger partial charge in [0.2, 0.25) is 0 Å². The molecule has 0 aromatic carbocycles. The highest BCUT2D eigenvalue weighted by Gasteiger charge is 2.49. The zero-order valence-corrected chi connectivity index (χ0v) is 12.7. The number of carbonyl (C=O) groups is 2. The zero-order valence-electron chi connectivity index (χ0n) is 12.7. The SMILES string of the molecule is CC(C)OC1CC(NC(=O)NCCCC(=O)O)C1(C)C. The van der Waals surface area contributed by atoms with Crippen LogP contribution in [0.5, 0.6) is 0 Å². The molecule has 1 aliphatic rings. The molecule has 0 bridgehead atoms. The van der Waals surface area contributed by atoms with Gasteiger partial charge in [-0.05, 0) is 26.7 Å². The number of aliphatic carboxylic acids is 1. The van der Waals surface area contributed by atoms with Gasteiger partial charge in [0, 0.05) is 24.4 Å². The molecule has 3 N–H and O–H groups in total. The van der Waals surface area contributed by atoms with Crippen LogP contribution in [0.2, 0.25) is 0 Å². The highest BCUT2D eigenvalue weighted by molar-refractivity contribution is 5.74. The average molecular weight is 286 g/mol. The molecule has 0 radical (unpaired) electrons. The first-order valence-electron chi connectivity index (χ1n) is 7.15. The summed E-state index contributed by atoms with van der Waals surface area (Å²) in [5.41, 5.74) is -0.0807. The first-order valence-corrected chi connectivity index (χ1v) is 7.15. The van der Waals surface area contributed by atoms with Crippen LogP contribution in [0.1, 0.15) is 47.0 Å². The molecule has 0 heterocycles. The summed E-state index contributed by atoms with van der Waals surface area (Å²) in [7, 11) is 0. The van der Waals surface area contributed by atoms with Gasteiger partial charge in [-0.25, -0.2) is 4.79 Å². The predicted molar refractivity (Wildman–Crippen MR) is 75.6 cm³/mol. The van der Waals surface area contributed by atoms with Crippen LogP contribution in [0, 0.1) is 5.41 Å². The summed E-state index contributed by atoms with van der Waals surface area (Å²) < 4.78 is 5.80. The number of urea groups is 1. The van der Waals surface area contributed by atoms with Crippen molar-refractivity contribution in [2.24, 2.45) is 5.41 Å². The Bertz CT molecular complexity index is 355. The maximum atomic E-state index is 11.7. The van der Waals surface area contributed by atoms with E-state index in [1.165, 1.54) is 0 Å². The molecule has 0 saturated heterocycles. The van der Waals surface area contributed by atoms with Crippen LogP contribution in [0.3, 0.4) is 0 Å². The smallest absolute Gasteiger partial charge is 0.315 e. The van der Waals surface area contributed by atoms with Gasteiger partial charge in [-0.3, -0.25) is 4.79 Å². The van der Waals surface area contributed by atoms with Crippen LogP contribution in [0.15, 0.2) is 0 Å². The lowest BCUT2D eigenvalue weighted by atomic mass is 9.64. The van der Waals surface area contributed by atoms with Crippen LogP contribution in [0.4, 0.5) is 4.79 Å². The number of carbonyl (C=O) groups excluding carboxylic acids is 1. The number of nitrogens with one attached hydrogen (secondary N) is 2.